The van der Waals surface area contributed by atoms with Crippen LogP contribution in [0.25, 0.3) is 6.08 Å². The summed E-state index contributed by atoms with van der Waals surface area (Å²) >= 11 is 1.29. The lowest BCUT2D eigenvalue weighted by atomic mass is 10.2. The number of nitrogens with zero attached hydrogens (tertiary/aromatic N) is 2. The van der Waals surface area contributed by atoms with Gasteiger partial charge >= 0.3 is 0 Å². The Bertz CT molecular complexity index is 606. The Hall–Kier alpha value is -0.890. The number of hydrogen-bond donors (Lipinski definition) is 0. The molecular formula is C12H16N2O3S2. The fraction of sp³-hybridized carbons (Fsp3) is 0.500. The minimum atomic E-state index is -3.32. The molecule has 0 bridgehead atoms. The maximum Gasteiger partial charge on any atom is 0.274 e. The Balaban J connectivity index is 1.90. The number of hydrogen-bond acceptors (Lipinski definition) is 5. The number of methoxy groups -OCH3 is 1. The van der Waals surface area contributed by atoms with E-state index in [1.165, 1.54) is 11.3 Å². The van der Waals surface area contributed by atoms with Crippen molar-refractivity contribution in [3.05, 3.63) is 22.7 Å². The highest BCUT2D eigenvalue weighted by Gasteiger charge is 2.36. The van der Waals surface area contributed by atoms with E-state index in [1.54, 1.807) is 11.4 Å². The maximum atomic E-state index is 12.5. The Morgan fingerprint density at radius 2 is 2.26 bits per heavy atom. The quantitative estimate of drug-likeness (QED) is 0.837. The zero-order chi connectivity index (χ0) is 13.5. The molecule has 0 aromatic carbocycles. The van der Waals surface area contributed by atoms with E-state index in [4.69, 9.17) is 4.74 Å². The van der Waals surface area contributed by atoms with Crippen LogP contribution < -0.4 is 0 Å². The molecule has 7 heteroatoms. The zero-order valence-electron chi connectivity index (χ0n) is 10.7. The number of rotatable bonds is 3. The van der Waals surface area contributed by atoms with Crippen LogP contribution in [0.4, 0.5) is 0 Å². The van der Waals surface area contributed by atoms with Gasteiger partial charge in [-0.3, -0.25) is 9.21 Å². The molecule has 0 unspecified atom stereocenters. The van der Waals surface area contributed by atoms with Crippen molar-refractivity contribution in [3.8, 4) is 0 Å². The van der Waals surface area contributed by atoms with Crippen LogP contribution >= 0.6 is 11.3 Å². The number of sulfonamides is 1. The normalized spacial score (nSPS) is 21.7. The van der Waals surface area contributed by atoms with Crippen LogP contribution in [0.15, 0.2) is 21.4 Å². The third-order valence-corrected chi connectivity index (χ3v) is 6.79. The fourth-order valence-electron chi connectivity index (χ4n) is 2.47. The second-order valence-electron chi connectivity index (χ2n) is 4.65. The Morgan fingerprint density at radius 3 is 3.05 bits per heavy atom. The first-order chi connectivity index (χ1) is 9.13. The van der Waals surface area contributed by atoms with Gasteiger partial charge < -0.3 is 4.74 Å². The predicted octanol–water partition coefficient (Wildman–Crippen LogP) is 1.06. The maximum absolute atomic E-state index is 12.5. The smallest absolute Gasteiger partial charge is 0.274 e. The van der Waals surface area contributed by atoms with Crippen LogP contribution in [-0.4, -0.2) is 57.5 Å². The molecule has 2 aliphatic heterocycles. The van der Waals surface area contributed by atoms with Gasteiger partial charge in [0.15, 0.2) is 0 Å². The van der Waals surface area contributed by atoms with Gasteiger partial charge in [0, 0.05) is 44.5 Å². The summed E-state index contributed by atoms with van der Waals surface area (Å²) in [4.78, 5) is 2.22. The van der Waals surface area contributed by atoms with Gasteiger partial charge in [0.2, 0.25) is 0 Å². The summed E-state index contributed by atoms with van der Waals surface area (Å²) in [6.45, 7) is 3.44. The first kappa shape index (κ1) is 13.1. The van der Waals surface area contributed by atoms with Gasteiger partial charge in [0.05, 0.1) is 6.61 Å². The minimum absolute atomic E-state index is 0.474. The Morgan fingerprint density at radius 1 is 1.42 bits per heavy atom. The van der Waals surface area contributed by atoms with Gasteiger partial charge in [-0.2, -0.15) is 0 Å². The standard InChI is InChI=1S/C12H16N2O3S2/c1-17-6-5-13-3-4-14-11(9-13)8-10-2-7-18-12(10)19(14,15)16/h2,7-8H,3-6,9H2,1H3. The molecule has 0 saturated carbocycles. The summed E-state index contributed by atoms with van der Waals surface area (Å²) in [7, 11) is -1.64. The highest BCUT2D eigenvalue weighted by Crippen LogP contribution is 2.36. The van der Waals surface area contributed by atoms with Crippen LogP contribution in [0.5, 0.6) is 0 Å². The highest BCUT2D eigenvalue weighted by atomic mass is 32.2. The van der Waals surface area contributed by atoms with E-state index < -0.39 is 10.0 Å². The number of ether oxygens (including phenoxy) is 1. The molecular weight excluding hydrogens is 284 g/mol. The molecule has 1 fully saturated rings. The van der Waals surface area contributed by atoms with Crippen molar-refractivity contribution in [2.75, 3.05) is 39.9 Å². The summed E-state index contributed by atoms with van der Waals surface area (Å²) < 4.78 is 32.0. The monoisotopic (exact) mass is 300 g/mol. The number of piperazine rings is 1. The molecule has 2 aliphatic rings. The third kappa shape index (κ3) is 2.20. The lowest BCUT2D eigenvalue weighted by Gasteiger charge is -2.38. The molecule has 5 nitrogen and oxygen atoms in total. The molecule has 3 heterocycles. The SMILES string of the molecule is COCCN1CCN2C(=Cc3ccsc3S2(=O)=O)C1. The molecule has 104 valence electrons. The molecule has 19 heavy (non-hydrogen) atoms. The van der Waals surface area contributed by atoms with E-state index >= 15 is 0 Å². The number of fused-ring (bicyclic) bond motifs is 2. The van der Waals surface area contributed by atoms with Crippen molar-refractivity contribution in [2.24, 2.45) is 0 Å². The Kier molecular flexibility index (Phi) is 3.38. The van der Waals surface area contributed by atoms with Gasteiger partial charge in [0.1, 0.15) is 4.21 Å². The molecule has 3 rings (SSSR count). The fourth-order valence-corrected chi connectivity index (χ4v) is 5.36. The molecule has 0 N–H and O–H groups in total. The summed E-state index contributed by atoms with van der Waals surface area (Å²) in [5.74, 6) is 0. The van der Waals surface area contributed by atoms with Gasteiger partial charge in [-0.25, -0.2) is 8.42 Å². The van der Waals surface area contributed by atoms with Crippen LogP contribution in [0.1, 0.15) is 5.56 Å². The summed E-state index contributed by atoms with van der Waals surface area (Å²) in [5.41, 5.74) is 1.69. The van der Waals surface area contributed by atoms with E-state index in [0.717, 1.165) is 24.4 Å². The van der Waals surface area contributed by atoms with E-state index in [9.17, 15) is 8.42 Å². The topological polar surface area (TPSA) is 49.9 Å². The van der Waals surface area contributed by atoms with Crippen LogP contribution in [0.3, 0.4) is 0 Å². The van der Waals surface area contributed by atoms with Crippen molar-refractivity contribution in [3.63, 3.8) is 0 Å². The second kappa shape index (κ2) is 4.90. The minimum Gasteiger partial charge on any atom is -0.383 e. The first-order valence-electron chi connectivity index (χ1n) is 6.15. The Labute approximate surface area is 117 Å². The van der Waals surface area contributed by atoms with E-state index in [-0.39, 0.29) is 0 Å². The molecule has 0 radical (unpaired) electrons. The van der Waals surface area contributed by atoms with E-state index in [0.29, 0.717) is 23.9 Å². The van der Waals surface area contributed by atoms with Crippen molar-refractivity contribution >= 4 is 27.4 Å². The lowest BCUT2D eigenvalue weighted by molar-refractivity contribution is 0.137. The van der Waals surface area contributed by atoms with Gasteiger partial charge in [0.25, 0.3) is 10.0 Å². The molecule has 0 amide bonds. The summed E-state index contributed by atoms with van der Waals surface area (Å²) in [5, 5.41) is 1.83. The molecule has 0 atom stereocenters. The average Bonchev–Trinajstić information content (AvgIpc) is 2.85. The molecule has 1 aromatic rings. The second-order valence-corrected chi connectivity index (χ2v) is 7.62. The lowest BCUT2D eigenvalue weighted by Crippen LogP contribution is -2.48. The van der Waals surface area contributed by atoms with Gasteiger partial charge in [-0.1, -0.05) is 0 Å². The van der Waals surface area contributed by atoms with Crippen molar-refractivity contribution in [2.45, 2.75) is 4.21 Å². The zero-order valence-corrected chi connectivity index (χ0v) is 12.3. The van der Waals surface area contributed by atoms with Crippen molar-refractivity contribution in [1.82, 2.24) is 9.21 Å². The largest absolute Gasteiger partial charge is 0.383 e. The van der Waals surface area contributed by atoms with Crippen LogP contribution in [0, 0.1) is 0 Å². The van der Waals surface area contributed by atoms with Crippen molar-refractivity contribution in [1.29, 1.82) is 0 Å². The van der Waals surface area contributed by atoms with E-state index in [2.05, 4.69) is 4.90 Å². The highest BCUT2D eigenvalue weighted by molar-refractivity contribution is 7.91. The van der Waals surface area contributed by atoms with E-state index in [1.807, 2.05) is 17.5 Å². The predicted molar refractivity (Wildman–Crippen MR) is 74.5 cm³/mol. The summed E-state index contributed by atoms with van der Waals surface area (Å²) in [6.07, 6.45) is 1.99. The van der Waals surface area contributed by atoms with Crippen LogP contribution in [-0.2, 0) is 14.8 Å². The van der Waals surface area contributed by atoms with Crippen LogP contribution in [0.2, 0.25) is 0 Å². The molecule has 0 aliphatic carbocycles. The van der Waals surface area contributed by atoms with Gasteiger partial charge in [-0.15, -0.1) is 11.3 Å². The molecule has 0 spiro atoms. The van der Waals surface area contributed by atoms with Crippen molar-refractivity contribution < 1.29 is 13.2 Å². The first-order valence-corrected chi connectivity index (χ1v) is 8.47. The van der Waals surface area contributed by atoms with Gasteiger partial charge in [-0.05, 0) is 17.5 Å². The number of thiophene rings is 1. The molecule has 1 aromatic heterocycles. The molecule has 1 saturated heterocycles. The summed E-state index contributed by atoms with van der Waals surface area (Å²) in [6, 6.07) is 1.87. The average molecular weight is 300 g/mol. The third-order valence-electron chi connectivity index (χ3n) is 3.44.